The van der Waals surface area contributed by atoms with E-state index >= 15 is 0 Å². The Kier molecular flexibility index (Phi) is 4.96. The van der Waals surface area contributed by atoms with Gasteiger partial charge in [-0.15, -0.1) is 0 Å². The molecule has 20 heavy (non-hydrogen) atoms. The zero-order valence-corrected chi connectivity index (χ0v) is 11.4. The number of halogens is 1. The molecule has 0 aromatic heterocycles. The van der Waals surface area contributed by atoms with Crippen LogP contribution in [0.5, 0.6) is 11.5 Å². The highest BCUT2D eigenvalue weighted by molar-refractivity contribution is 5.33. The molecule has 0 atom stereocenters. The molecule has 3 nitrogen and oxygen atoms in total. The number of hydrogen-bond donors (Lipinski definition) is 1. The molecule has 0 unspecified atom stereocenters. The van der Waals surface area contributed by atoms with Gasteiger partial charge in [-0.3, -0.25) is 0 Å². The van der Waals surface area contributed by atoms with Crippen molar-refractivity contribution in [2.24, 2.45) is 5.73 Å². The summed E-state index contributed by atoms with van der Waals surface area (Å²) in [6, 6.07) is 12.3. The quantitative estimate of drug-likeness (QED) is 0.824. The van der Waals surface area contributed by atoms with Gasteiger partial charge in [0.15, 0.2) is 0 Å². The summed E-state index contributed by atoms with van der Waals surface area (Å²) in [6.07, 6.45) is 0. The molecule has 0 spiro atoms. The van der Waals surface area contributed by atoms with Crippen LogP contribution in [0, 0.1) is 12.7 Å². The number of hydrogen-bond acceptors (Lipinski definition) is 3. The van der Waals surface area contributed by atoms with E-state index in [9.17, 15) is 4.39 Å². The maximum absolute atomic E-state index is 13.1. The van der Waals surface area contributed by atoms with Gasteiger partial charge >= 0.3 is 0 Å². The molecule has 2 N–H and O–H groups in total. The van der Waals surface area contributed by atoms with Crippen LogP contribution in [0.3, 0.4) is 0 Å². The van der Waals surface area contributed by atoms with Gasteiger partial charge in [0.05, 0.1) is 0 Å². The third kappa shape index (κ3) is 3.71. The molecule has 106 valence electrons. The second kappa shape index (κ2) is 6.91. The Morgan fingerprint density at radius 2 is 1.80 bits per heavy atom. The molecule has 0 amide bonds. The maximum atomic E-state index is 13.1. The molecule has 0 radical (unpaired) electrons. The third-order valence-corrected chi connectivity index (χ3v) is 2.93. The van der Waals surface area contributed by atoms with E-state index in [0.717, 1.165) is 11.3 Å². The fourth-order valence-corrected chi connectivity index (χ4v) is 1.83. The first-order valence-corrected chi connectivity index (χ1v) is 6.50. The van der Waals surface area contributed by atoms with E-state index in [4.69, 9.17) is 15.2 Å². The lowest BCUT2D eigenvalue weighted by molar-refractivity contribution is 0.215. The first kappa shape index (κ1) is 14.3. The van der Waals surface area contributed by atoms with Crippen LogP contribution in [0.1, 0.15) is 11.1 Å². The van der Waals surface area contributed by atoms with Crippen molar-refractivity contribution in [2.75, 3.05) is 13.2 Å². The van der Waals surface area contributed by atoms with Gasteiger partial charge in [0.25, 0.3) is 0 Å². The standard InChI is InChI=1S/C16H18FNO2/c1-12-10-14(6-7-15(12)17)19-8-9-20-16-5-3-2-4-13(16)11-18/h2-7,10H,8-9,11,18H2,1H3. The van der Waals surface area contributed by atoms with E-state index in [1.807, 2.05) is 24.3 Å². The Morgan fingerprint density at radius 1 is 1.05 bits per heavy atom. The van der Waals surface area contributed by atoms with Crippen LogP contribution >= 0.6 is 0 Å². The average Bonchev–Trinajstić information content (AvgIpc) is 2.47. The monoisotopic (exact) mass is 275 g/mol. The fraction of sp³-hybridized carbons (Fsp3) is 0.250. The number of aryl methyl sites for hydroxylation is 1. The number of rotatable bonds is 6. The van der Waals surface area contributed by atoms with Crippen molar-refractivity contribution in [2.45, 2.75) is 13.5 Å². The number of ether oxygens (including phenoxy) is 2. The van der Waals surface area contributed by atoms with E-state index < -0.39 is 0 Å². The summed E-state index contributed by atoms with van der Waals surface area (Å²) in [4.78, 5) is 0. The smallest absolute Gasteiger partial charge is 0.126 e. The molecule has 0 bridgehead atoms. The van der Waals surface area contributed by atoms with Crippen molar-refractivity contribution < 1.29 is 13.9 Å². The molecule has 2 aromatic carbocycles. The van der Waals surface area contributed by atoms with Crippen molar-refractivity contribution in [1.82, 2.24) is 0 Å². The minimum atomic E-state index is -0.231. The molecule has 0 heterocycles. The van der Waals surface area contributed by atoms with Crippen molar-refractivity contribution in [3.63, 3.8) is 0 Å². The van der Waals surface area contributed by atoms with Gasteiger partial charge in [0, 0.05) is 12.1 Å². The van der Waals surface area contributed by atoms with Crippen molar-refractivity contribution in [1.29, 1.82) is 0 Å². The first-order chi connectivity index (χ1) is 9.70. The molecule has 0 saturated carbocycles. The fourth-order valence-electron chi connectivity index (χ4n) is 1.83. The predicted molar refractivity (Wildman–Crippen MR) is 76.5 cm³/mol. The van der Waals surface area contributed by atoms with E-state index in [-0.39, 0.29) is 5.82 Å². The maximum Gasteiger partial charge on any atom is 0.126 e. The van der Waals surface area contributed by atoms with E-state index in [0.29, 0.717) is 31.1 Å². The molecule has 0 aliphatic carbocycles. The van der Waals surface area contributed by atoms with Gasteiger partial charge in [-0.1, -0.05) is 18.2 Å². The summed E-state index contributed by atoms with van der Waals surface area (Å²) in [5.74, 6) is 1.18. The number of benzene rings is 2. The van der Waals surface area contributed by atoms with Gasteiger partial charge < -0.3 is 15.2 Å². The van der Waals surface area contributed by atoms with Crippen LogP contribution in [0.15, 0.2) is 42.5 Å². The summed E-state index contributed by atoms with van der Waals surface area (Å²) >= 11 is 0. The van der Waals surface area contributed by atoms with Crippen LogP contribution in [0.4, 0.5) is 4.39 Å². The zero-order chi connectivity index (χ0) is 14.4. The van der Waals surface area contributed by atoms with E-state index in [2.05, 4.69) is 0 Å². The lowest BCUT2D eigenvalue weighted by Crippen LogP contribution is -2.11. The lowest BCUT2D eigenvalue weighted by Gasteiger charge is -2.11. The molecule has 0 aliphatic heterocycles. The van der Waals surface area contributed by atoms with Crippen LogP contribution in [-0.4, -0.2) is 13.2 Å². The third-order valence-electron chi connectivity index (χ3n) is 2.93. The number of para-hydroxylation sites is 1. The molecule has 4 heteroatoms. The van der Waals surface area contributed by atoms with E-state index in [1.54, 1.807) is 19.1 Å². The lowest BCUT2D eigenvalue weighted by atomic mass is 10.2. The number of nitrogens with two attached hydrogens (primary N) is 1. The topological polar surface area (TPSA) is 44.5 Å². The highest BCUT2D eigenvalue weighted by Crippen LogP contribution is 2.18. The Labute approximate surface area is 118 Å². The first-order valence-electron chi connectivity index (χ1n) is 6.50. The highest BCUT2D eigenvalue weighted by atomic mass is 19.1. The second-order valence-electron chi connectivity index (χ2n) is 4.42. The van der Waals surface area contributed by atoms with Gasteiger partial charge in [-0.2, -0.15) is 0 Å². The highest BCUT2D eigenvalue weighted by Gasteiger charge is 2.02. The Hall–Kier alpha value is -2.07. The molecule has 0 fully saturated rings. The summed E-state index contributed by atoms with van der Waals surface area (Å²) in [7, 11) is 0. The van der Waals surface area contributed by atoms with Crippen molar-refractivity contribution >= 4 is 0 Å². The predicted octanol–water partition coefficient (Wildman–Crippen LogP) is 3.05. The van der Waals surface area contributed by atoms with Gasteiger partial charge in [-0.25, -0.2) is 4.39 Å². The molecular weight excluding hydrogens is 257 g/mol. The van der Waals surface area contributed by atoms with Gasteiger partial charge in [-0.05, 0) is 36.8 Å². The second-order valence-corrected chi connectivity index (χ2v) is 4.42. The Bertz CT molecular complexity index is 572. The van der Waals surface area contributed by atoms with Crippen LogP contribution in [0.2, 0.25) is 0 Å². The zero-order valence-electron chi connectivity index (χ0n) is 11.4. The van der Waals surface area contributed by atoms with Crippen molar-refractivity contribution in [3.05, 3.63) is 59.4 Å². The normalized spacial score (nSPS) is 10.3. The molecule has 0 saturated heterocycles. The molecule has 2 rings (SSSR count). The largest absolute Gasteiger partial charge is 0.490 e. The summed E-state index contributed by atoms with van der Waals surface area (Å²) < 4.78 is 24.2. The van der Waals surface area contributed by atoms with Gasteiger partial charge in [0.1, 0.15) is 30.5 Å². The summed E-state index contributed by atoms with van der Waals surface area (Å²) in [5.41, 5.74) is 7.16. The molecular formula is C16H18FNO2. The van der Waals surface area contributed by atoms with Crippen LogP contribution in [-0.2, 0) is 6.54 Å². The minimum absolute atomic E-state index is 0.231. The Morgan fingerprint density at radius 3 is 2.55 bits per heavy atom. The summed E-state index contributed by atoms with van der Waals surface area (Å²) in [6.45, 7) is 2.95. The molecule has 2 aromatic rings. The van der Waals surface area contributed by atoms with Crippen LogP contribution in [0.25, 0.3) is 0 Å². The average molecular weight is 275 g/mol. The van der Waals surface area contributed by atoms with E-state index in [1.165, 1.54) is 6.07 Å². The molecule has 0 aliphatic rings. The summed E-state index contributed by atoms with van der Waals surface area (Å²) in [5, 5.41) is 0. The van der Waals surface area contributed by atoms with Gasteiger partial charge in [0.2, 0.25) is 0 Å². The van der Waals surface area contributed by atoms with Crippen LogP contribution < -0.4 is 15.2 Å². The SMILES string of the molecule is Cc1cc(OCCOc2ccccc2CN)ccc1F. The minimum Gasteiger partial charge on any atom is -0.490 e. The van der Waals surface area contributed by atoms with Crippen molar-refractivity contribution in [3.8, 4) is 11.5 Å². The Balaban J connectivity index is 1.83.